The van der Waals surface area contributed by atoms with E-state index in [1.54, 1.807) is 22.8 Å². The van der Waals surface area contributed by atoms with E-state index in [9.17, 15) is 9.59 Å². The molecule has 0 fully saturated rings. The molecule has 0 saturated carbocycles. The van der Waals surface area contributed by atoms with E-state index in [1.807, 2.05) is 30.8 Å². The van der Waals surface area contributed by atoms with Crippen molar-refractivity contribution in [2.24, 2.45) is 0 Å². The van der Waals surface area contributed by atoms with Crippen molar-refractivity contribution in [3.05, 3.63) is 52.5 Å². The highest BCUT2D eigenvalue weighted by atomic mass is 16.3. The summed E-state index contributed by atoms with van der Waals surface area (Å²) in [6.07, 6.45) is 4.87. The minimum absolute atomic E-state index is 0.115. The van der Waals surface area contributed by atoms with E-state index in [0.717, 1.165) is 24.2 Å². The number of aryl methyl sites for hydroxylation is 3. The molecule has 0 radical (unpaired) electrons. The average molecular weight is 382 g/mol. The molecule has 0 aliphatic carbocycles. The Balaban J connectivity index is 1.45. The maximum absolute atomic E-state index is 12.8. The predicted molar refractivity (Wildman–Crippen MR) is 103 cm³/mol. The minimum Gasteiger partial charge on any atom is -0.463 e. The summed E-state index contributed by atoms with van der Waals surface area (Å²) in [4.78, 5) is 25.0. The average Bonchev–Trinajstić information content (AvgIpc) is 3.37. The second-order valence-electron chi connectivity index (χ2n) is 6.69. The standard InChI is InChI=1S/C19H22N6O3/c1-3-17-22-24(19(27)15-11-16-14(25(15)17)6-10-28-16)12-18(26)20-7-4-8-23-9-5-13(2)21-23/h5-6,9-11H,3-4,7-8,12H2,1-2H3,(H,20,26). The maximum Gasteiger partial charge on any atom is 0.291 e. The van der Waals surface area contributed by atoms with Crippen molar-refractivity contribution in [1.82, 2.24) is 29.3 Å². The van der Waals surface area contributed by atoms with E-state index < -0.39 is 0 Å². The number of carbonyl (C=O) groups is 1. The normalized spacial score (nSPS) is 11.5. The second-order valence-corrected chi connectivity index (χ2v) is 6.69. The van der Waals surface area contributed by atoms with Gasteiger partial charge in [-0.2, -0.15) is 10.2 Å². The Morgan fingerprint density at radius 1 is 1.25 bits per heavy atom. The van der Waals surface area contributed by atoms with E-state index in [2.05, 4.69) is 15.5 Å². The van der Waals surface area contributed by atoms with Crippen molar-refractivity contribution in [2.75, 3.05) is 6.54 Å². The fourth-order valence-electron chi connectivity index (χ4n) is 3.31. The van der Waals surface area contributed by atoms with Crippen LogP contribution in [0.4, 0.5) is 0 Å². The molecule has 4 rings (SSSR count). The third kappa shape index (κ3) is 3.30. The molecule has 0 atom stereocenters. The number of hydrogen-bond acceptors (Lipinski definition) is 5. The highest BCUT2D eigenvalue weighted by Crippen LogP contribution is 2.20. The van der Waals surface area contributed by atoms with Crippen LogP contribution >= 0.6 is 0 Å². The number of fused-ring (bicyclic) bond motifs is 3. The van der Waals surface area contributed by atoms with Crippen LogP contribution < -0.4 is 10.9 Å². The second kappa shape index (κ2) is 7.34. The zero-order chi connectivity index (χ0) is 19.7. The van der Waals surface area contributed by atoms with Crippen LogP contribution in [0.5, 0.6) is 0 Å². The van der Waals surface area contributed by atoms with Crippen molar-refractivity contribution in [3.63, 3.8) is 0 Å². The Labute approximate surface area is 160 Å². The van der Waals surface area contributed by atoms with Crippen LogP contribution in [0.25, 0.3) is 16.6 Å². The summed E-state index contributed by atoms with van der Waals surface area (Å²) in [7, 11) is 0. The molecule has 146 valence electrons. The van der Waals surface area contributed by atoms with E-state index in [1.165, 1.54) is 4.68 Å². The number of carbonyl (C=O) groups excluding carboxylic acids is 1. The van der Waals surface area contributed by atoms with Crippen LogP contribution in [-0.2, 0) is 24.3 Å². The molecule has 0 aromatic carbocycles. The van der Waals surface area contributed by atoms with Gasteiger partial charge in [0.25, 0.3) is 5.56 Å². The van der Waals surface area contributed by atoms with Gasteiger partial charge in [0, 0.05) is 37.8 Å². The fraction of sp³-hybridized carbons (Fsp3) is 0.368. The summed E-state index contributed by atoms with van der Waals surface area (Å²) in [6.45, 7) is 5.01. The Kier molecular flexibility index (Phi) is 4.72. The fourth-order valence-corrected chi connectivity index (χ4v) is 3.31. The van der Waals surface area contributed by atoms with Gasteiger partial charge < -0.3 is 9.73 Å². The van der Waals surface area contributed by atoms with Gasteiger partial charge in [0.1, 0.15) is 17.9 Å². The number of rotatable bonds is 7. The third-order valence-corrected chi connectivity index (χ3v) is 4.64. The smallest absolute Gasteiger partial charge is 0.291 e. The number of nitrogens with one attached hydrogen (secondary N) is 1. The summed E-state index contributed by atoms with van der Waals surface area (Å²) in [5.74, 6) is 0.459. The highest BCUT2D eigenvalue weighted by Gasteiger charge is 2.16. The Bertz CT molecular complexity index is 1200. The lowest BCUT2D eigenvalue weighted by molar-refractivity contribution is -0.121. The number of furan rings is 1. The lowest BCUT2D eigenvalue weighted by Crippen LogP contribution is -2.35. The Morgan fingerprint density at radius 3 is 2.86 bits per heavy atom. The van der Waals surface area contributed by atoms with Crippen LogP contribution in [0, 0.1) is 6.92 Å². The molecule has 0 aliphatic heterocycles. The van der Waals surface area contributed by atoms with Crippen LogP contribution in [-0.4, -0.2) is 36.4 Å². The lowest BCUT2D eigenvalue weighted by Gasteiger charge is -2.10. The van der Waals surface area contributed by atoms with Gasteiger partial charge in [-0.1, -0.05) is 6.92 Å². The molecule has 4 aromatic rings. The van der Waals surface area contributed by atoms with Crippen LogP contribution in [0.3, 0.4) is 0 Å². The van der Waals surface area contributed by atoms with Crippen LogP contribution in [0.1, 0.15) is 24.9 Å². The number of hydrogen-bond donors (Lipinski definition) is 1. The maximum atomic E-state index is 12.8. The van der Waals surface area contributed by atoms with E-state index in [-0.39, 0.29) is 18.0 Å². The molecule has 0 bridgehead atoms. The van der Waals surface area contributed by atoms with E-state index in [0.29, 0.717) is 29.9 Å². The summed E-state index contributed by atoms with van der Waals surface area (Å²) in [6, 6.07) is 5.44. The number of nitrogens with zero attached hydrogens (tertiary/aromatic N) is 5. The first-order chi connectivity index (χ1) is 13.6. The van der Waals surface area contributed by atoms with Gasteiger partial charge in [0.05, 0.1) is 17.5 Å². The van der Waals surface area contributed by atoms with E-state index >= 15 is 0 Å². The van der Waals surface area contributed by atoms with Crippen molar-refractivity contribution >= 4 is 22.5 Å². The molecule has 0 unspecified atom stereocenters. The van der Waals surface area contributed by atoms with Crippen LogP contribution in [0.15, 0.2) is 39.9 Å². The third-order valence-electron chi connectivity index (χ3n) is 4.64. The first-order valence-corrected chi connectivity index (χ1v) is 9.32. The summed E-state index contributed by atoms with van der Waals surface area (Å²) in [5, 5.41) is 11.5. The summed E-state index contributed by atoms with van der Waals surface area (Å²) in [5.41, 5.74) is 2.55. The molecule has 1 amide bonds. The highest BCUT2D eigenvalue weighted by molar-refractivity contribution is 5.82. The zero-order valence-corrected chi connectivity index (χ0v) is 15.9. The molecule has 1 N–H and O–H groups in total. The van der Waals surface area contributed by atoms with Gasteiger partial charge in [0.15, 0.2) is 5.58 Å². The topological polar surface area (TPSA) is 99.4 Å². The first kappa shape index (κ1) is 18.0. The molecule has 4 aromatic heterocycles. The van der Waals surface area contributed by atoms with Gasteiger partial charge in [-0.25, -0.2) is 4.68 Å². The van der Waals surface area contributed by atoms with Gasteiger partial charge in [-0.15, -0.1) is 0 Å². The molecule has 4 heterocycles. The molecule has 0 aliphatic rings. The summed E-state index contributed by atoms with van der Waals surface area (Å²) >= 11 is 0. The lowest BCUT2D eigenvalue weighted by atomic mass is 10.4. The quantitative estimate of drug-likeness (QED) is 0.489. The van der Waals surface area contributed by atoms with Crippen molar-refractivity contribution in [1.29, 1.82) is 0 Å². The Morgan fingerprint density at radius 2 is 2.11 bits per heavy atom. The molecule has 0 spiro atoms. The molecule has 0 saturated heterocycles. The van der Waals surface area contributed by atoms with Crippen molar-refractivity contribution in [2.45, 2.75) is 39.8 Å². The zero-order valence-electron chi connectivity index (χ0n) is 15.9. The van der Waals surface area contributed by atoms with Crippen LogP contribution in [0.2, 0.25) is 0 Å². The van der Waals surface area contributed by atoms with Crippen molar-refractivity contribution in [3.8, 4) is 0 Å². The summed E-state index contributed by atoms with van der Waals surface area (Å²) < 4.78 is 10.3. The van der Waals surface area contributed by atoms with E-state index in [4.69, 9.17) is 4.42 Å². The Hall–Kier alpha value is -3.36. The minimum atomic E-state index is -0.314. The molecular formula is C19H22N6O3. The number of amides is 1. The van der Waals surface area contributed by atoms with Gasteiger partial charge in [0.2, 0.25) is 5.91 Å². The molecule has 28 heavy (non-hydrogen) atoms. The largest absolute Gasteiger partial charge is 0.463 e. The predicted octanol–water partition coefficient (Wildman–Crippen LogP) is 1.52. The van der Waals surface area contributed by atoms with Gasteiger partial charge >= 0.3 is 0 Å². The molecular weight excluding hydrogens is 360 g/mol. The van der Waals surface area contributed by atoms with Crippen molar-refractivity contribution < 1.29 is 9.21 Å². The SMILES string of the molecule is CCc1nn(CC(=O)NCCCn2ccc(C)n2)c(=O)c2cc3occc3n12. The number of aromatic nitrogens is 5. The first-order valence-electron chi connectivity index (χ1n) is 9.32. The molecule has 9 nitrogen and oxygen atoms in total. The van der Waals surface area contributed by atoms with Gasteiger partial charge in [-0.3, -0.25) is 18.7 Å². The molecule has 9 heteroatoms. The van der Waals surface area contributed by atoms with Gasteiger partial charge in [-0.05, 0) is 19.4 Å². The monoisotopic (exact) mass is 382 g/mol.